The van der Waals surface area contributed by atoms with Gasteiger partial charge in [-0.15, -0.1) is 0 Å². The molecule has 0 aromatic rings. The number of nitrogens with zero attached hydrogens (tertiary/aromatic N) is 2. The molecule has 0 aliphatic rings. The summed E-state index contributed by atoms with van der Waals surface area (Å²) < 4.78 is 0. The van der Waals surface area contributed by atoms with Crippen molar-refractivity contribution in [1.82, 2.24) is 4.90 Å². The second kappa shape index (κ2) is 6.47. The summed E-state index contributed by atoms with van der Waals surface area (Å²) in [6, 6.07) is 0.111. The zero-order chi connectivity index (χ0) is 13.6. The first-order valence-corrected chi connectivity index (χ1v) is 6.14. The Morgan fingerprint density at radius 1 is 1.47 bits per heavy atom. The molecule has 0 bridgehead atoms. The molecule has 0 aromatic carbocycles. The van der Waals surface area contributed by atoms with Gasteiger partial charge in [-0.1, -0.05) is 19.0 Å². The van der Waals surface area contributed by atoms with Crippen molar-refractivity contribution >= 4 is 11.7 Å². The van der Waals surface area contributed by atoms with Gasteiger partial charge in [-0.25, -0.2) is 0 Å². The third-order valence-electron chi connectivity index (χ3n) is 3.20. The van der Waals surface area contributed by atoms with Crippen LogP contribution in [-0.2, 0) is 4.79 Å². The molecule has 0 aliphatic carbocycles. The zero-order valence-electron chi connectivity index (χ0n) is 11.5. The minimum atomic E-state index is -0.922. The third kappa shape index (κ3) is 3.35. The average Bonchev–Trinajstić information content (AvgIpc) is 2.32. The molecule has 0 aromatic heterocycles. The van der Waals surface area contributed by atoms with Crippen molar-refractivity contribution in [2.45, 2.75) is 53.5 Å². The molecule has 0 aliphatic heterocycles. The number of rotatable bonds is 6. The van der Waals surface area contributed by atoms with E-state index in [1.807, 2.05) is 27.7 Å². The van der Waals surface area contributed by atoms with Crippen LogP contribution in [-0.4, -0.2) is 34.4 Å². The standard InChI is InChI=1S/C12H25N3O2/c1-6-8-15(9(3)4)11(16)12(5,7-2)10(13)14-17/h9,17H,6-8H2,1-5H3,(H2,13,14). The van der Waals surface area contributed by atoms with Gasteiger partial charge < -0.3 is 15.8 Å². The Balaban J connectivity index is 5.20. The molecule has 1 amide bonds. The maximum Gasteiger partial charge on any atom is 0.236 e. The lowest BCUT2D eigenvalue weighted by Crippen LogP contribution is -2.51. The van der Waals surface area contributed by atoms with Crippen molar-refractivity contribution in [1.29, 1.82) is 0 Å². The summed E-state index contributed by atoms with van der Waals surface area (Å²) >= 11 is 0. The van der Waals surface area contributed by atoms with E-state index in [4.69, 9.17) is 10.9 Å². The molecule has 3 N–H and O–H groups in total. The first-order valence-electron chi connectivity index (χ1n) is 6.14. The van der Waals surface area contributed by atoms with Crippen molar-refractivity contribution in [2.24, 2.45) is 16.3 Å². The second-order valence-electron chi connectivity index (χ2n) is 4.76. The van der Waals surface area contributed by atoms with Gasteiger partial charge in [0.1, 0.15) is 5.41 Å². The number of carbonyl (C=O) groups is 1. The van der Waals surface area contributed by atoms with Crippen LogP contribution in [0, 0.1) is 5.41 Å². The molecule has 0 radical (unpaired) electrons. The van der Waals surface area contributed by atoms with Gasteiger partial charge in [-0.2, -0.15) is 0 Å². The number of amidine groups is 1. The predicted octanol–water partition coefficient (Wildman–Crippen LogP) is 1.80. The summed E-state index contributed by atoms with van der Waals surface area (Å²) in [6.45, 7) is 10.2. The monoisotopic (exact) mass is 243 g/mol. The third-order valence-corrected chi connectivity index (χ3v) is 3.20. The van der Waals surface area contributed by atoms with Crippen molar-refractivity contribution in [3.8, 4) is 0 Å². The topological polar surface area (TPSA) is 78.9 Å². The van der Waals surface area contributed by atoms with E-state index in [1.165, 1.54) is 0 Å². The van der Waals surface area contributed by atoms with Gasteiger partial charge in [0.15, 0.2) is 5.84 Å². The molecule has 0 saturated heterocycles. The number of oxime groups is 1. The first-order chi connectivity index (χ1) is 7.84. The number of nitrogens with two attached hydrogens (primary N) is 1. The molecule has 1 atom stereocenters. The lowest BCUT2D eigenvalue weighted by molar-refractivity contribution is -0.139. The Morgan fingerprint density at radius 2 is 2.00 bits per heavy atom. The Hall–Kier alpha value is -1.26. The van der Waals surface area contributed by atoms with E-state index in [2.05, 4.69) is 5.16 Å². The van der Waals surface area contributed by atoms with Crippen LogP contribution in [0.3, 0.4) is 0 Å². The molecule has 5 heteroatoms. The Kier molecular flexibility index (Phi) is 5.99. The van der Waals surface area contributed by atoms with E-state index in [-0.39, 0.29) is 17.8 Å². The van der Waals surface area contributed by atoms with Crippen molar-refractivity contribution in [3.05, 3.63) is 0 Å². The fraction of sp³-hybridized carbons (Fsp3) is 0.833. The van der Waals surface area contributed by atoms with Gasteiger partial charge in [-0.3, -0.25) is 4.79 Å². The van der Waals surface area contributed by atoms with Gasteiger partial charge in [-0.05, 0) is 33.6 Å². The molecule has 0 fully saturated rings. The van der Waals surface area contributed by atoms with Crippen molar-refractivity contribution in [2.75, 3.05) is 6.54 Å². The Morgan fingerprint density at radius 3 is 2.29 bits per heavy atom. The normalized spacial score (nSPS) is 15.8. The van der Waals surface area contributed by atoms with Gasteiger partial charge in [0.2, 0.25) is 5.91 Å². The van der Waals surface area contributed by atoms with E-state index < -0.39 is 5.41 Å². The van der Waals surface area contributed by atoms with E-state index in [9.17, 15) is 4.79 Å². The SMILES string of the molecule is CCCN(C(=O)C(C)(CC)C(N)=NO)C(C)C. The molecule has 100 valence electrons. The summed E-state index contributed by atoms with van der Waals surface area (Å²) in [4.78, 5) is 14.3. The molecule has 0 saturated carbocycles. The summed E-state index contributed by atoms with van der Waals surface area (Å²) in [7, 11) is 0. The molecule has 0 heterocycles. The van der Waals surface area contributed by atoms with Crippen LogP contribution >= 0.6 is 0 Å². The van der Waals surface area contributed by atoms with E-state index in [1.54, 1.807) is 11.8 Å². The van der Waals surface area contributed by atoms with E-state index in [0.29, 0.717) is 13.0 Å². The van der Waals surface area contributed by atoms with Crippen LogP contribution in [0.2, 0.25) is 0 Å². The van der Waals surface area contributed by atoms with E-state index in [0.717, 1.165) is 6.42 Å². The van der Waals surface area contributed by atoms with Crippen molar-refractivity contribution in [3.63, 3.8) is 0 Å². The molecule has 17 heavy (non-hydrogen) atoms. The van der Waals surface area contributed by atoms with Gasteiger partial charge in [0.05, 0.1) is 0 Å². The fourth-order valence-electron chi connectivity index (χ4n) is 1.70. The van der Waals surface area contributed by atoms with Gasteiger partial charge >= 0.3 is 0 Å². The van der Waals surface area contributed by atoms with Crippen LogP contribution < -0.4 is 5.73 Å². The van der Waals surface area contributed by atoms with Crippen LogP contribution in [0.5, 0.6) is 0 Å². The van der Waals surface area contributed by atoms with Crippen LogP contribution in [0.4, 0.5) is 0 Å². The quantitative estimate of drug-likeness (QED) is 0.323. The highest BCUT2D eigenvalue weighted by Gasteiger charge is 2.39. The second-order valence-corrected chi connectivity index (χ2v) is 4.76. The highest BCUT2D eigenvalue weighted by molar-refractivity contribution is 6.06. The number of amides is 1. The number of hydrogen-bond acceptors (Lipinski definition) is 3. The summed E-state index contributed by atoms with van der Waals surface area (Å²) in [5, 5.41) is 11.8. The average molecular weight is 243 g/mol. The number of carbonyl (C=O) groups excluding carboxylic acids is 1. The molecule has 1 unspecified atom stereocenters. The van der Waals surface area contributed by atoms with Gasteiger partial charge in [0, 0.05) is 12.6 Å². The lowest BCUT2D eigenvalue weighted by atomic mass is 9.84. The maximum atomic E-state index is 12.5. The minimum Gasteiger partial charge on any atom is -0.409 e. The minimum absolute atomic E-state index is 0.0215. The fourth-order valence-corrected chi connectivity index (χ4v) is 1.70. The lowest BCUT2D eigenvalue weighted by Gasteiger charge is -2.35. The molecule has 0 rings (SSSR count). The van der Waals surface area contributed by atoms with Crippen LogP contribution in [0.15, 0.2) is 5.16 Å². The van der Waals surface area contributed by atoms with Crippen molar-refractivity contribution < 1.29 is 10.0 Å². The van der Waals surface area contributed by atoms with E-state index >= 15 is 0 Å². The smallest absolute Gasteiger partial charge is 0.236 e. The summed E-state index contributed by atoms with van der Waals surface area (Å²) in [5.74, 6) is -0.0982. The Labute approximate surface area is 104 Å². The van der Waals surface area contributed by atoms with Crippen LogP contribution in [0.1, 0.15) is 47.5 Å². The molecule has 5 nitrogen and oxygen atoms in total. The molecular formula is C12H25N3O2. The van der Waals surface area contributed by atoms with Crippen LogP contribution in [0.25, 0.3) is 0 Å². The number of hydrogen-bond donors (Lipinski definition) is 2. The molecular weight excluding hydrogens is 218 g/mol. The largest absolute Gasteiger partial charge is 0.409 e. The Bertz CT molecular complexity index is 289. The van der Waals surface area contributed by atoms with Gasteiger partial charge in [0.25, 0.3) is 0 Å². The highest BCUT2D eigenvalue weighted by Crippen LogP contribution is 2.25. The first kappa shape index (κ1) is 15.7. The highest BCUT2D eigenvalue weighted by atomic mass is 16.4. The predicted molar refractivity (Wildman–Crippen MR) is 68.9 cm³/mol. The maximum absolute atomic E-state index is 12.5. The molecule has 0 spiro atoms. The zero-order valence-corrected chi connectivity index (χ0v) is 11.5. The summed E-state index contributed by atoms with van der Waals surface area (Å²) in [5.41, 5.74) is 4.73. The summed E-state index contributed by atoms with van der Waals surface area (Å²) in [6.07, 6.45) is 1.40.